The second-order valence-corrected chi connectivity index (χ2v) is 24.0. The fraction of sp³-hybridized carbons (Fsp3) is 0.961. The first-order chi connectivity index (χ1) is 35.1. The van der Waals surface area contributed by atoms with Gasteiger partial charge in [0.2, 0.25) is 0 Å². The number of rotatable bonds is 11. The van der Waals surface area contributed by atoms with Gasteiger partial charge in [-0.1, -0.05) is 39.3 Å². The van der Waals surface area contributed by atoms with Crippen LogP contribution in [0.2, 0.25) is 0 Å². The first kappa shape index (κ1) is 56.1. The van der Waals surface area contributed by atoms with E-state index in [1.54, 1.807) is 0 Å². The number of ether oxygens (including phenoxy) is 10. The molecule has 0 aromatic rings. The largest absolute Gasteiger partial charge is 0.394 e. The van der Waals surface area contributed by atoms with E-state index >= 15 is 0 Å². The van der Waals surface area contributed by atoms with Crippen molar-refractivity contribution in [3.05, 3.63) is 11.6 Å². The van der Waals surface area contributed by atoms with Gasteiger partial charge in [-0.15, -0.1) is 0 Å². The van der Waals surface area contributed by atoms with Crippen LogP contribution in [0.15, 0.2) is 11.6 Å². The minimum absolute atomic E-state index is 0.00616. The summed E-state index contributed by atoms with van der Waals surface area (Å²) in [6, 6.07) is 0. The zero-order chi connectivity index (χ0) is 53.1. The predicted molar refractivity (Wildman–Crippen MR) is 248 cm³/mol. The Morgan fingerprint density at radius 3 is 1.76 bits per heavy atom. The number of fused-ring (bicyclic) bond motifs is 7. The third kappa shape index (κ3) is 9.38. The van der Waals surface area contributed by atoms with Crippen molar-refractivity contribution in [1.29, 1.82) is 0 Å². The third-order valence-corrected chi connectivity index (χ3v) is 19.9. The Bertz CT molecular complexity index is 1970. The minimum Gasteiger partial charge on any atom is -0.394 e. The van der Waals surface area contributed by atoms with E-state index in [1.807, 2.05) is 6.92 Å². The number of hydrogen-bond donors (Lipinski definition) is 13. The molecule has 3 saturated carbocycles. The topological polar surface area (TPSA) is 355 Å². The van der Waals surface area contributed by atoms with Gasteiger partial charge in [-0.3, -0.25) is 0 Å². The number of hydrogen-bond acceptors (Lipinski definition) is 23. The molecule has 6 aliphatic heterocycles. The highest BCUT2D eigenvalue weighted by atomic mass is 16.8. The van der Waals surface area contributed by atoms with E-state index < -0.39 is 161 Å². The predicted octanol–water partition coefficient (Wildman–Crippen LogP) is -2.64. The van der Waals surface area contributed by atoms with Crippen molar-refractivity contribution < 1.29 is 114 Å². The molecule has 0 radical (unpaired) electrons. The zero-order valence-corrected chi connectivity index (χ0v) is 42.7. The lowest BCUT2D eigenvalue weighted by Crippen LogP contribution is -2.67. The Morgan fingerprint density at radius 2 is 1.12 bits per heavy atom. The lowest BCUT2D eigenvalue weighted by Gasteiger charge is -2.59. The van der Waals surface area contributed by atoms with E-state index in [-0.39, 0.29) is 34.7 Å². The van der Waals surface area contributed by atoms with E-state index in [4.69, 9.17) is 47.4 Å². The summed E-state index contributed by atoms with van der Waals surface area (Å²) in [4.78, 5) is 0. The van der Waals surface area contributed by atoms with Crippen molar-refractivity contribution in [3.8, 4) is 0 Å². The fourth-order valence-corrected chi connectivity index (χ4v) is 15.5. The molecular weight excluding hydrogens is 981 g/mol. The molecule has 0 aromatic carbocycles. The normalized spacial score (nSPS) is 57.5. The van der Waals surface area contributed by atoms with Crippen LogP contribution in [0.1, 0.15) is 92.4 Å². The summed E-state index contributed by atoms with van der Waals surface area (Å²) in [5.41, 5.74) is 1.06. The highest BCUT2D eigenvalue weighted by Gasteiger charge is 2.70. The first-order valence-electron chi connectivity index (χ1n) is 27.0. The molecule has 9 fully saturated rings. The maximum Gasteiger partial charge on any atom is 0.189 e. The maximum absolute atomic E-state index is 12.1. The molecule has 4 aliphatic carbocycles. The van der Waals surface area contributed by atoms with Crippen molar-refractivity contribution in [2.45, 2.75) is 240 Å². The Morgan fingerprint density at radius 1 is 0.541 bits per heavy atom. The summed E-state index contributed by atoms with van der Waals surface area (Å²) in [6.07, 6.45) is -22.6. The van der Waals surface area contributed by atoms with E-state index in [2.05, 4.69) is 26.8 Å². The number of aliphatic hydroxyl groups excluding tert-OH is 13. The van der Waals surface area contributed by atoms with Gasteiger partial charge in [0.1, 0.15) is 91.6 Å². The second-order valence-electron chi connectivity index (χ2n) is 24.0. The van der Waals surface area contributed by atoms with Gasteiger partial charge in [-0.05, 0) is 92.8 Å². The second kappa shape index (κ2) is 21.4. The summed E-state index contributed by atoms with van der Waals surface area (Å²) < 4.78 is 62.3. The van der Waals surface area contributed by atoms with Crippen LogP contribution in [0.25, 0.3) is 0 Å². The molecule has 6 saturated heterocycles. The van der Waals surface area contributed by atoms with Gasteiger partial charge in [-0.25, -0.2) is 0 Å². The van der Waals surface area contributed by atoms with Crippen molar-refractivity contribution in [3.63, 3.8) is 0 Å². The summed E-state index contributed by atoms with van der Waals surface area (Å²) in [5.74, 6) is 0.341. The molecule has 74 heavy (non-hydrogen) atoms. The molecule has 424 valence electrons. The molecule has 0 amide bonds. The molecule has 6 heterocycles. The van der Waals surface area contributed by atoms with E-state index in [9.17, 15) is 66.4 Å². The van der Waals surface area contributed by atoms with Crippen LogP contribution in [0.5, 0.6) is 0 Å². The molecule has 23 heteroatoms. The van der Waals surface area contributed by atoms with Crippen molar-refractivity contribution in [2.75, 3.05) is 19.8 Å². The molecule has 10 aliphatic rings. The van der Waals surface area contributed by atoms with Gasteiger partial charge in [0.15, 0.2) is 37.2 Å². The Labute approximate surface area is 430 Å². The first-order valence-corrected chi connectivity index (χ1v) is 27.0. The van der Waals surface area contributed by atoms with Gasteiger partial charge in [0, 0.05) is 18.3 Å². The zero-order valence-electron chi connectivity index (χ0n) is 42.7. The van der Waals surface area contributed by atoms with E-state index in [0.717, 1.165) is 38.5 Å². The minimum atomic E-state index is -1.85. The van der Waals surface area contributed by atoms with Gasteiger partial charge in [0.25, 0.3) is 0 Å². The van der Waals surface area contributed by atoms with Crippen LogP contribution in [-0.2, 0) is 47.4 Å². The number of aliphatic hydroxyl groups is 13. The van der Waals surface area contributed by atoms with Gasteiger partial charge in [-0.2, -0.15) is 0 Å². The molecule has 32 unspecified atom stereocenters. The van der Waals surface area contributed by atoms with Crippen LogP contribution < -0.4 is 0 Å². The Hall–Kier alpha value is -1.18. The Balaban J connectivity index is 0.826. The van der Waals surface area contributed by atoms with Gasteiger partial charge >= 0.3 is 0 Å². The lowest BCUT2D eigenvalue weighted by atomic mass is 9.47. The van der Waals surface area contributed by atoms with Crippen molar-refractivity contribution in [1.82, 2.24) is 0 Å². The Kier molecular flexibility index (Phi) is 16.2. The highest BCUT2D eigenvalue weighted by molar-refractivity contribution is 5.26. The monoisotopic (exact) mass is 1060 g/mol. The molecule has 10 rings (SSSR count). The van der Waals surface area contributed by atoms with E-state index in [1.165, 1.54) is 12.5 Å². The van der Waals surface area contributed by atoms with Gasteiger partial charge in [0.05, 0.1) is 38.1 Å². The van der Waals surface area contributed by atoms with Crippen LogP contribution in [0.3, 0.4) is 0 Å². The molecule has 32 atom stereocenters. The van der Waals surface area contributed by atoms with Crippen molar-refractivity contribution in [2.24, 2.45) is 46.3 Å². The third-order valence-electron chi connectivity index (χ3n) is 19.9. The molecule has 23 nitrogen and oxygen atoms in total. The molecule has 13 N–H and O–H groups in total. The van der Waals surface area contributed by atoms with Crippen LogP contribution in [0.4, 0.5) is 0 Å². The average Bonchev–Trinajstić information content (AvgIpc) is 3.83. The van der Waals surface area contributed by atoms with E-state index in [0.29, 0.717) is 37.0 Å². The lowest BCUT2D eigenvalue weighted by molar-refractivity contribution is -0.398. The van der Waals surface area contributed by atoms with Crippen molar-refractivity contribution >= 4 is 0 Å². The molecule has 1 spiro atoms. The molecule has 0 aromatic heterocycles. The SMILES string of the molecule is CC1CCC2(OC3CC4C5CC=C6CC(OC7OC(CO)C(OC8OC(CO)C(O)C(O)C8O)C(O)C7OC7OC(C)C(O)C(O)C7O)CCC6(C)C5CCC4(C)C3C2C)OC1OC1OC(CO)C(O)C(O)C1O. The van der Waals surface area contributed by atoms with Gasteiger partial charge < -0.3 is 114 Å². The summed E-state index contributed by atoms with van der Waals surface area (Å²) >= 11 is 0. The average molecular weight is 1060 g/mol. The quantitative estimate of drug-likeness (QED) is 0.0941. The standard InChI is InChI=1S/C51H82O23/c1-19-8-13-51(74-44(19)72-47-40(63)37(60)34(57)29(17-53)68-47)20(2)31-27(73-51)15-26-24-7-6-22-14-23(9-11-49(22,4)25(24)10-12-50(26,31)5)66-48-43(71-45-38(61)35(58)32(55)21(3)65-45)41(64)42(30(18-54)69-48)70-46-39(62)36(59)33(56)28(16-52)67-46/h6,19-21,23-48,52-64H,7-18H2,1-5H3. The smallest absolute Gasteiger partial charge is 0.189 e. The molecular formula is C51H82O23. The highest BCUT2D eigenvalue weighted by Crippen LogP contribution is 2.71. The summed E-state index contributed by atoms with van der Waals surface area (Å²) in [6.45, 7) is 8.41. The number of allylic oxidation sites excluding steroid dienone is 1. The maximum atomic E-state index is 12.1. The van der Waals surface area contributed by atoms with Crippen LogP contribution in [-0.4, -0.2) is 233 Å². The van der Waals surface area contributed by atoms with Crippen LogP contribution in [0, 0.1) is 46.3 Å². The van der Waals surface area contributed by atoms with Crippen LogP contribution >= 0.6 is 0 Å². The molecule has 0 bridgehead atoms. The fourth-order valence-electron chi connectivity index (χ4n) is 15.5. The summed E-state index contributed by atoms with van der Waals surface area (Å²) in [5, 5.41) is 138. The summed E-state index contributed by atoms with van der Waals surface area (Å²) in [7, 11) is 0.